The summed E-state index contributed by atoms with van der Waals surface area (Å²) in [6.45, 7) is 6.21. The minimum absolute atomic E-state index is 0.00885. The number of aromatic nitrogens is 1. The Balaban J connectivity index is 1.51. The summed E-state index contributed by atoms with van der Waals surface area (Å²) in [7, 11) is -1.38. The number of rotatable bonds is 7. The summed E-state index contributed by atoms with van der Waals surface area (Å²) in [5.41, 5.74) is 5.41. The lowest BCUT2D eigenvalue weighted by molar-refractivity contribution is -0.123. The van der Waals surface area contributed by atoms with E-state index < -0.39 is 9.84 Å². The highest BCUT2D eigenvalue weighted by Crippen LogP contribution is 2.29. The van der Waals surface area contributed by atoms with Gasteiger partial charge >= 0.3 is 0 Å². The number of carbonyl (C=O) groups is 2. The van der Waals surface area contributed by atoms with Crippen molar-refractivity contribution < 1.29 is 18.0 Å². The van der Waals surface area contributed by atoms with Gasteiger partial charge in [0.15, 0.2) is 15.0 Å². The molecule has 10 heteroatoms. The van der Waals surface area contributed by atoms with E-state index in [0.29, 0.717) is 11.6 Å². The molecule has 1 saturated heterocycles. The SMILES string of the molecule is Cc1cc(C)c(-c2csc(NC(=O)CN(C)CC(=O)NC3CCS(=O)(=O)C3)n2)cc1C. The Morgan fingerprint density at radius 1 is 1.13 bits per heavy atom. The molecular weight excluding hydrogens is 436 g/mol. The zero-order valence-corrected chi connectivity index (χ0v) is 19.8. The van der Waals surface area contributed by atoms with Gasteiger partial charge in [-0.15, -0.1) is 11.3 Å². The van der Waals surface area contributed by atoms with Gasteiger partial charge in [-0.05, 0) is 57.0 Å². The second-order valence-corrected chi connectivity index (χ2v) is 11.3. The number of benzene rings is 1. The van der Waals surface area contributed by atoms with E-state index in [0.717, 1.165) is 16.8 Å². The van der Waals surface area contributed by atoms with E-state index in [1.54, 1.807) is 11.9 Å². The van der Waals surface area contributed by atoms with Crippen molar-refractivity contribution >= 4 is 38.1 Å². The van der Waals surface area contributed by atoms with Crippen LogP contribution in [0.4, 0.5) is 5.13 Å². The monoisotopic (exact) mass is 464 g/mol. The highest BCUT2D eigenvalue weighted by atomic mass is 32.2. The summed E-state index contributed by atoms with van der Waals surface area (Å²) in [6, 6.07) is 3.89. The zero-order chi connectivity index (χ0) is 22.8. The standard InChI is InChI=1S/C21H28N4O4S2/c1-13-7-15(3)17(8-14(13)2)18-11-30-21(23-18)24-20(27)10-25(4)9-19(26)22-16-5-6-31(28,29)12-16/h7-8,11,16H,5-6,9-10,12H2,1-4H3,(H,22,26)(H,23,24,27). The van der Waals surface area contributed by atoms with Crippen LogP contribution in [-0.2, 0) is 19.4 Å². The van der Waals surface area contributed by atoms with Crippen LogP contribution in [0.2, 0.25) is 0 Å². The molecule has 0 aliphatic carbocycles. The fraction of sp³-hybridized carbons (Fsp3) is 0.476. The van der Waals surface area contributed by atoms with Crippen molar-refractivity contribution in [1.82, 2.24) is 15.2 Å². The second-order valence-electron chi connectivity index (χ2n) is 8.18. The highest BCUT2D eigenvalue weighted by Gasteiger charge is 2.29. The first kappa shape index (κ1) is 23.4. The quantitative estimate of drug-likeness (QED) is 0.648. The highest BCUT2D eigenvalue weighted by molar-refractivity contribution is 7.91. The largest absolute Gasteiger partial charge is 0.351 e. The Morgan fingerprint density at radius 2 is 1.81 bits per heavy atom. The molecule has 168 valence electrons. The zero-order valence-electron chi connectivity index (χ0n) is 18.2. The van der Waals surface area contributed by atoms with Gasteiger partial charge in [-0.2, -0.15) is 0 Å². The fourth-order valence-corrected chi connectivity index (χ4v) is 5.98. The van der Waals surface area contributed by atoms with Gasteiger partial charge in [0.2, 0.25) is 11.8 Å². The molecule has 0 saturated carbocycles. The van der Waals surface area contributed by atoms with Crippen LogP contribution in [-0.4, -0.2) is 67.8 Å². The number of anilines is 1. The van der Waals surface area contributed by atoms with E-state index in [9.17, 15) is 18.0 Å². The lowest BCUT2D eigenvalue weighted by atomic mass is 9.99. The molecule has 0 radical (unpaired) electrons. The van der Waals surface area contributed by atoms with Crippen molar-refractivity contribution in [3.8, 4) is 11.3 Å². The molecule has 0 spiro atoms. The van der Waals surface area contributed by atoms with Crippen LogP contribution in [0.5, 0.6) is 0 Å². The van der Waals surface area contributed by atoms with E-state index in [2.05, 4.69) is 41.6 Å². The number of carbonyl (C=O) groups excluding carboxylic acids is 2. The summed E-state index contributed by atoms with van der Waals surface area (Å²) < 4.78 is 23.0. The number of nitrogens with one attached hydrogen (secondary N) is 2. The lowest BCUT2D eigenvalue weighted by Crippen LogP contribution is -2.43. The Hall–Kier alpha value is -2.30. The molecule has 1 aromatic carbocycles. The molecule has 1 unspecified atom stereocenters. The molecule has 31 heavy (non-hydrogen) atoms. The van der Waals surface area contributed by atoms with Crippen molar-refractivity contribution in [2.24, 2.45) is 0 Å². The summed E-state index contributed by atoms with van der Waals surface area (Å²) in [5.74, 6) is -0.473. The minimum atomic E-state index is -3.05. The molecule has 2 heterocycles. The van der Waals surface area contributed by atoms with Gasteiger partial charge in [-0.25, -0.2) is 13.4 Å². The molecule has 2 aromatic rings. The Labute approximate surface area is 187 Å². The first-order valence-corrected chi connectivity index (χ1v) is 12.7. The van der Waals surface area contributed by atoms with Crippen LogP contribution in [0.1, 0.15) is 23.1 Å². The first-order chi connectivity index (χ1) is 14.5. The number of likely N-dealkylation sites (N-methyl/N-ethyl adjacent to an activating group) is 1. The molecule has 1 aliphatic rings. The average Bonchev–Trinajstić information content (AvgIpc) is 3.23. The number of hydrogen-bond acceptors (Lipinski definition) is 7. The third-order valence-electron chi connectivity index (χ3n) is 5.29. The van der Waals surface area contributed by atoms with Gasteiger partial charge in [0, 0.05) is 17.0 Å². The van der Waals surface area contributed by atoms with Gasteiger partial charge in [0.05, 0.1) is 30.3 Å². The van der Waals surface area contributed by atoms with E-state index in [-0.39, 0.29) is 42.5 Å². The first-order valence-electron chi connectivity index (χ1n) is 10.0. The summed E-state index contributed by atoms with van der Waals surface area (Å²) in [4.78, 5) is 30.6. The predicted octanol–water partition coefficient (Wildman–Crippen LogP) is 1.91. The van der Waals surface area contributed by atoms with Crippen molar-refractivity contribution in [3.05, 3.63) is 34.2 Å². The Morgan fingerprint density at radius 3 is 2.48 bits per heavy atom. The van der Waals surface area contributed by atoms with Crippen LogP contribution in [0.25, 0.3) is 11.3 Å². The summed E-state index contributed by atoms with van der Waals surface area (Å²) in [5, 5.41) is 7.93. The fourth-order valence-electron chi connectivity index (χ4n) is 3.58. The van der Waals surface area contributed by atoms with Crippen LogP contribution in [0.15, 0.2) is 17.5 Å². The van der Waals surface area contributed by atoms with Crippen molar-refractivity contribution in [3.63, 3.8) is 0 Å². The molecule has 0 bridgehead atoms. The van der Waals surface area contributed by atoms with Crippen molar-refractivity contribution in [1.29, 1.82) is 0 Å². The molecule has 1 fully saturated rings. The smallest absolute Gasteiger partial charge is 0.240 e. The molecular formula is C21H28N4O4S2. The maximum absolute atomic E-state index is 12.3. The van der Waals surface area contributed by atoms with E-state index in [1.807, 2.05) is 12.3 Å². The van der Waals surface area contributed by atoms with Gasteiger partial charge in [0.1, 0.15) is 0 Å². The molecule has 2 N–H and O–H groups in total. The van der Waals surface area contributed by atoms with Crippen molar-refractivity contribution in [2.75, 3.05) is 37.0 Å². The molecule has 8 nitrogen and oxygen atoms in total. The van der Waals surface area contributed by atoms with Crippen molar-refractivity contribution in [2.45, 2.75) is 33.2 Å². The van der Waals surface area contributed by atoms with Crippen LogP contribution in [0.3, 0.4) is 0 Å². The third-order valence-corrected chi connectivity index (χ3v) is 7.82. The Bertz CT molecular complexity index is 1090. The summed E-state index contributed by atoms with van der Waals surface area (Å²) in [6.07, 6.45) is 0.435. The molecule has 3 rings (SSSR count). The number of hydrogen-bond donors (Lipinski definition) is 2. The summed E-state index contributed by atoms with van der Waals surface area (Å²) >= 11 is 1.36. The van der Waals surface area contributed by atoms with Gasteiger partial charge in [-0.1, -0.05) is 6.07 Å². The molecule has 2 amide bonds. The number of nitrogens with zero attached hydrogens (tertiary/aromatic N) is 2. The second kappa shape index (κ2) is 9.46. The van der Waals surface area contributed by atoms with E-state index >= 15 is 0 Å². The maximum atomic E-state index is 12.3. The normalized spacial score (nSPS) is 17.6. The lowest BCUT2D eigenvalue weighted by Gasteiger charge is -2.17. The number of amides is 2. The van der Waals surface area contributed by atoms with Crippen LogP contribution in [0, 0.1) is 20.8 Å². The average molecular weight is 465 g/mol. The van der Waals surface area contributed by atoms with Gasteiger partial charge in [-0.3, -0.25) is 14.5 Å². The topological polar surface area (TPSA) is 108 Å². The van der Waals surface area contributed by atoms with Crippen LogP contribution >= 0.6 is 11.3 Å². The minimum Gasteiger partial charge on any atom is -0.351 e. The van der Waals surface area contributed by atoms with Gasteiger partial charge < -0.3 is 10.6 Å². The Kier molecular flexibility index (Phi) is 7.13. The maximum Gasteiger partial charge on any atom is 0.240 e. The number of thiazole rings is 1. The van der Waals surface area contributed by atoms with Gasteiger partial charge in [0.25, 0.3) is 0 Å². The van der Waals surface area contributed by atoms with E-state index in [4.69, 9.17) is 0 Å². The van der Waals surface area contributed by atoms with Crippen LogP contribution < -0.4 is 10.6 Å². The number of aryl methyl sites for hydroxylation is 3. The molecule has 1 atom stereocenters. The predicted molar refractivity (Wildman–Crippen MR) is 123 cm³/mol. The number of sulfone groups is 1. The molecule has 1 aromatic heterocycles. The van der Waals surface area contributed by atoms with E-state index in [1.165, 1.54) is 22.5 Å². The third kappa shape index (κ3) is 6.34. The molecule has 1 aliphatic heterocycles.